The summed E-state index contributed by atoms with van der Waals surface area (Å²) in [6.07, 6.45) is 0. The second kappa shape index (κ2) is 4.45. The molecule has 0 saturated heterocycles. The largest absolute Gasteiger partial charge is 0.457 e. The van der Waals surface area contributed by atoms with Gasteiger partial charge in [0, 0.05) is 5.57 Å². The van der Waals surface area contributed by atoms with Crippen molar-refractivity contribution in [3.8, 4) is 0 Å². The molecule has 0 radical (unpaired) electrons. The maximum Gasteiger partial charge on any atom is 0.333 e. The van der Waals surface area contributed by atoms with Crippen molar-refractivity contribution >= 4 is 5.97 Å². The summed E-state index contributed by atoms with van der Waals surface area (Å²) < 4.78 is 4.95. The van der Waals surface area contributed by atoms with Crippen molar-refractivity contribution in [2.75, 3.05) is 0 Å². The van der Waals surface area contributed by atoms with Crippen LogP contribution in [-0.2, 0) is 16.1 Å². The monoisotopic (exact) mass is 179 g/mol. The number of ether oxygens (including phenoxy) is 1. The number of carbonyl (C=O) groups excluding carboxylic acids is 1. The van der Waals surface area contributed by atoms with E-state index in [0.29, 0.717) is 12.2 Å². The molecule has 2 nitrogen and oxygen atoms in total. The van der Waals surface area contributed by atoms with Crippen LogP contribution in [0.5, 0.6) is 0 Å². The van der Waals surface area contributed by atoms with E-state index >= 15 is 0 Å². The molecule has 13 heavy (non-hydrogen) atoms. The first-order valence-corrected chi connectivity index (χ1v) is 4.06. The van der Waals surface area contributed by atoms with E-state index in [1.807, 2.05) is 30.3 Å². The molecule has 0 aromatic heterocycles. The van der Waals surface area contributed by atoms with E-state index in [2.05, 4.69) is 6.58 Å². The zero-order valence-electron chi connectivity index (χ0n) is 7.62. The minimum atomic E-state index is -0.344. The minimum absolute atomic E-state index is 0.312. The Labute approximate surface area is 77.8 Å². The van der Waals surface area contributed by atoms with E-state index in [-0.39, 0.29) is 5.97 Å². The van der Waals surface area contributed by atoms with Crippen LogP contribution in [-0.4, -0.2) is 5.97 Å². The second-order valence-corrected chi connectivity index (χ2v) is 2.84. The third-order valence-corrected chi connectivity index (χ3v) is 1.56. The molecule has 0 fully saturated rings. The molecular weight excluding hydrogens is 167 g/mol. The van der Waals surface area contributed by atoms with Gasteiger partial charge in [-0.3, -0.25) is 0 Å². The van der Waals surface area contributed by atoms with E-state index < -0.39 is 0 Å². The number of rotatable bonds is 3. The van der Waals surface area contributed by atoms with E-state index in [1.54, 1.807) is 6.92 Å². The number of esters is 1. The molecule has 68 valence electrons. The molecule has 0 heterocycles. The molecule has 0 bridgehead atoms. The van der Waals surface area contributed by atoms with Crippen molar-refractivity contribution < 1.29 is 9.53 Å². The van der Waals surface area contributed by atoms with Gasteiger partial charge in [-0.05, 0) is 12.5 Å². The number of hydrogen-bond donors (Lipinski definition) is 0. The summed E-state index contributed by atoms with van der Waals surface area (Å²) in [5.74, 6) is -0.344. The first kappa shape index (κ1) is 9.52. The lowest BCUT2D eigenvalue weighted by atomic mass is 10.2. The van der Waals surface area contributed by atoms with Crippen LogP contribution in [0.1, 0.15) is 12.5 Å². The third kappa shape index (κ3) is 3.11. The van der Waals surface area contributed by atoms with E-state index in [4.69, 9.17) is 4.74 Å². The first-order chi connectivity index (χ1) is 6.20. The summed E-state index contributed by atoms with van der Waals surface area (Å²) >= 11 is 0. The number of benzene rings is 1. The lowest BCUT2D eigenvalue weighted by Gasteiger charge is -2.03. The maximum atomic E-state index is 11.0. The van der Waals surface area contributed by atoms with E-state index in [1.165, 1.54) is 0 Å². The van der Waals surface area contributed by atoms with Crippen LogP contribution in [0.4, 0.5) is 0 Å². The van der Waals surface area contributed by atoms with Gasteiger partial charge in [-0.1, -0.05) is 36.9 Å². The summed E-state index contributed by atoms with van der Waals surface area (Å²) in [6, 6.07) is 9.55. The Balaban J connectivity index is 2.44. The molecule has 1 rings (SSSR count). The maximum absolute atomic E-state index is 11.0. The number of carbonyl (C=O) groups is 1. The van der Waals surface area contributed by atoms with Gasteiger partial charge in [-0.25, -0.2) is 4.79 Å². The highest BCUT2D eigenvalue weighted by Crippen LogP contribution is 2.02. The van der Waals surface area contributed by atoms with Crippen molar-refractivity contribution in [1.29, 1.82) is 0 Å². The van der Waals surface area contributed by atoms with E-state index in [0.717, 1.165) is 5.56 Å². The Morgan fingerprint density at radius 3 is 2.54 bits per heavy atom. The van der Waals surface area contributed by atoms with Gasteiger partial charge in [0.25, 0.3) is 0 Å². The van der Waals surface area contributed by atoms with Crippen LogP contribution in [0.25, 0.3) is 0 Å². The molecule has 0 spiro atoms. The van der Waals surface area contributed by atoms with Crippen molar-refractivity contribution in [3.05, 3.63) is 48.0 Å². The van der Waals surface area contributed by atoms with Gasteiger partial charge >= 0.3 is 5.97 Å². The van der Waals surface area contributed by atoms with Crippen molar-refractivity contribution in [1.82, 2.24) is 0 Å². The molecule has 1 aromatic carbocycles. The average Bonchev–Trinajstić information content (AvgIpc) is 2.15. The van der Waals surface area contributed by atoms with Crippen molar-refractivity contribution in [2.24, 2.45) is 0 Å². The van der Waals surface area contributed by atoms with Gasteiger partial charge in [0.1, 0.15) is 6.61 Å². The average molecular weight is 179 g/mol. The molecule has 0 aliphatic heterocycles. The van der Waals surface area contributed by atoms with Crippen LogP contribution in [0, 0.1) is 0 Å². The normalized spacial score (nSPS) is 9.31. The Morgan fingerprint density at radius 2 is 2.00 bits per heavy atom. The van der Waals surface area contributed by atoms with Crippen molar-refractivity contribution in [2.45, 2.75) is 13.5 Å². The summed E-state index contributed by atoms with van der Waals surface area (Å²) in [7, 11) is 0. The first-order valence-electron chi connectivity index (χ1n) is 4.06. The van der Waals surface area contributed by atoms with Gasteiger partial charge in [-0.15, -0.1) is 0 Å². The van der Waals surface area contributed by atoms with Gasteiger partial charge < -0.3 is 4.74 Å². The molecule has 0 unspecified atom stereocenters. The zero-order valence-corrected chi connectivity index (χ0v) is 7.62. The van der Waals surface area contributed by atoms with Gasteiger partial charge in [0.15, 0.2) is 0 Å². The molecule has 2 heteroatoms. The highest BCUT2D eigenvalue weighted by molar-refractivity contribution is 5.86. The molecule has 0 aliphatic rings. The Morgan fingerprint density at radius 1 is 1.38 bits per heavy atom. The van der Waals surface area contributed by atoms with Crippen LogP contribution in [0.2, 0.25) is 0 Å². The molecule has 0 N–H and O–H groups in total. The number of hydrogen-bond acceptors (Lipinski definition) is 2. The predicted molar refractivity (Wildman–Crippen MR) is 51.1 cm³/mol. The molecular formula is C11H12O2. The molecule has 1 aromatic rings. The van der Waals surface area contributed by atoms with Crippen molar-refractivity contribution in [3.63, 3.8) is 0 Å². The van der Waals surface area contributed by atoms with Crippen LogP contribution < -0.4 is 0 Å². The molecule has 0 aliphatic carbocycles. The molecule has 0 saturated carbocycles. The lowest BCUT2D eigenvalue weighted by molar-refractivity contribution is -0.140. The Kier molecular flexibility index (Phi) is 3.26. The fourth-order valence-electron chi connectivity index (χ4n) is 0.846. The van der Waals surface area contributed by atoms with Crippen LogP contribution >= 0.6 is 0 Å². The Hall–Kier alpha value is -1.57. The zero-order chi connectivity index (χ0) is 9.68. The lowest BCUT2D eigenvalue weighted by Crippen LogP contribution is -2.04. The summed E-state index contributed by atoms with van der Waals surface area (Å²) in [6.45, 7) is 5.44. The smallest absolute Gasteiger partial charge is 0.333 e. The summed E-state index contributed by atoms with van der Waals surface area (Å²) in [5, 5.41) is 0. The van der Waals surface area contributed by atoms with Gasteiger partial charge in [0.05, 0.1) is 0 Å². The van der Waals surface area contributed by atoms with E-state index in [9.17, 15) is 4.79 Å². The topological polar surface area (TPSA) is 26.3 Å². The van der Waals surface area contributed by atoms with Crippen LogP contribution in [0.15, 0.2) is 42.5 Å². The Bertz CT molecular complexity index is 301. The highest BCUT2D eigenvalue weighted by atomic mass is 16.6. The summed E-state index contributed by atoms with van der Waals surface area (Å²) in [4.78, 5) is 11.0. The van der Waals surface area contributed by atoms with Gasteiger partial charge in [0.2, 0.25) is 0 Å². The predicted octanol–water partition coefficient (Wildman–Crippen LogP) is 2.31. The third-order valence-electron chi connectivity index (χ3n) is 1.56. The minimum Gasteiger partial charge on any atom is -0.457 e. The summed E-state index contributed by atoms with van der Waals surface area (Å²) in [5.41, 5.74) is 1.41. The fraction of sp³-hybridized carbons (Fsp3) is 0.182. The molecule has 0 amide bonds. The molecule has 0 atom stereocenters. The van der Waals surface area contributed by atoms with Gasteiger partial charge in [-0.2, -0.15) is 0 Å². The highest BCUT2D eigenvalue weighted by Gasteiger charge is 2.02. The quantitative estimate of drug-likeness (QED) is 0.404. The second-order valence-electron chi connectivity index (χ2n) is 2.84. The standard InChI is InChI=1S/C11H12O2/c1-9(2)11(12)13-8-10-6-4-3-5-7-10/h3-7H,1,8H2,2H3/i1+1,2+1,11+1. The van der Waals surface area contributed by atoms with Crippen LogP contribution in [0.3, 0.4) is 0 Å². The fourth-order valence-corrected chi connectivity index (χ4v) is 0.846. The SMILES string of the molecule is [13CH2]=C([13CH3])[13C](=O)OCc1ccccc1.